The van der Waals surface area contributed by atoms with E-state index in [-0.39, 0.29) is 0 Å². The van der Waals surface area contributed by atoms with E-state index in [1.807, 2.05) is 36.4 Å². The number of rotatable bonds is 7. The first-order valence-electron chi connectivity index (χ1n) is 8.57. The molecule has 0 saturated carbocycles. The summed E-state index contributed by atoms with van der Waals surface area (Å²) in [7, 11) is 0. The maximum atomic E-state index is 8.78. The molecule has 0 heterocycles. The first-order chi connectivity index (χ1) is 11.8. The van der Waals surface area contributed by atoms with Gasteiger partial charge in [0.1, 0.15) is 5.75 Å². The predicted molar refractivity (Wildman–Crippen MR) is 97.8 cm³/mol. The molecule has 0 amide bonds. The van der Waals surface area contributed by atoms with Gasteiger partial charge in [0, 0.05) is 11.1 Å². The first kappa shape index (κ1) is 17.6. The van der Waals surface area contributed by atoms with Crippen molar-refractivity contribution >= 4 is 0 Å². The monoisotopic (exact) mass is 317 g/mol. The largest absolute Gasteiger partial charge is 0.494 e. The smallest absolute Gasteiger partial charge is 0.119 e. The Kier molecular flexibility index (Phi) is 7.45. The molecule has 0 unspecified atom stereocenters. The van der Waals surface area contributed by atoms with Crippen LogP contribution in [-0.2, 0) is 0 Å². The van der Waals surface area contributed by atoms with E-state index in [0.717, 1.165) is 29.9 Å². The van der Waals surface area contributed by atoms with E-state index in [2.05, 4.69) is 24.8 Å². The average Bonchev–Trinajstić information content (AvgIpc) is 2.64. The standard InChI is InChI=1S/C22H23NO/c1-2-3-4-5-6-17-24-22-15-13-20(14-16-22)8-7-19-9-11-21(18-23)12-10-19/h9-16H,2-6,17H2,1H3. The van der Waals surface area contributed by atoms with Gasteiger partial charge >= 0.3 is 0 Å². The summed E-state index contributed by atoms with van der Waals surface area (Å²) in [6.07, 6.45) is 6.23. The summed E-state index contributed by atoms with van der Waals surface area (Å²) in [5, 5.41) is 8.78. The summed E-state index contributed by atoms with van der Waals surface area (Å²) >= 11 is 0. The molecule has 0 aliphatic rings. The fraction of sp³-hybridized carbons (Fsp3) is 0.318. The van der Waals surface area contributed by atoms with Crippen molar-refractivity contribution in [1.82, 2.24) is 0 Å². The van der Waals surface area contributed by atoms with Gasteiger partial charge < -0.3 is 4.74 Å². The van der Waals surface area contributed by atoms with Crippen LogP contribution in [0.1, 0.15) is 55.7 Å². The second-order valence-corrected chi connectivity index (χ2v) is 5.73. The van der Waals surface area contributed by atoms with E-state index in [9.17, 15) is 0 Å². The van der Waals surface area contributed by atoms with Gasteiger partial charge in [-0.2, -0.15) is 5.26 Å². The second kappa shape index (κ2) is 10.1. The molecule has 2 aromatic carbocycles. The minimum atomic E-state index is 0.650. The molecule has 122 valence electrons. The Hall–Kier alpha value is -2.71. The van der Waals surface area contributed by atoms with Gasteiger partial charge in [-0.3, -0.25) is 0 Å². The molecular formula is C22H23NO. The highest BCUT2D eigenvalue weighted by molar-refractivity contribution is 5.45. The predicted octanol–water partition coefficient (Wildman–Crippen LogP) is 5.31. The maximum absolute atomic E-state index is 8.78. The number of unbranched alkanes of at least 4 members (excludes halogenated alkanes) is 4. The van der Waals surface area contributed by atoms with Crippen LogP contribution in [0.15, 0.2) is 48.5 Å². The van der Waals surface area contributed by atoms with E-state index in [0.29, 0.717) is 5.56 Å². The zero-order chi connectivity index (χ0) is 17.0. The average molecular weight is 317 g/mol. The van der Waals surface area contributed by atoms with Crippen molar-refractivity contribution in [2.45, 2.75) is 39.0 Å². The summed E-state index contributed by atoms with van der Waals surface area (Å²) in [6.45, 7) is 3.00. The van der Waals surface area contributed by atoms with Gasteiger partial charge in [-0.25, -0.2) is 0 Å². The Bertz CT molecular complexity index is 712. The Labute approximate surface area is 145 Å². The fourth-order valence-electron chi connectivity index (χ4n) is 2.30. The topological polar surface area (TPSA) is 33.0 Å². The highest BCUT2D eigenvalue weighted by atomic mass is 16.5. The van der Waals surface area contributed by atoms with Gasteiger partial charge in [0.2, 0.25) is 0 Å². The van der Waals surface area contributed by atoms with E-state index in [1.165, 1.54) is 25.7 Å². The Balaban J connectivity index is 1.81. The Morgan fingerprint density at radius 3 is 1.88 bits per heavy atom. The molecular weight excluding hydrogens is 294 g/mol. The molecule has 0 radical (unpaired) electrons. The zero-order valence-corrected chi connectivity index (χ0v) is 14.2. The van der Waals surface area contributed by atoms with Crippen molar-refractivity contribution in [1.29, 1.82) is 5.26 Å². The minimum absolute atomic E-state index is 0.650. The lowest BCUT2D eigenvalue weighted by Crippen LogP contribution is -1.97. The van der Waals surface area contributed by atoms with Gasteiger partial charge in [-0.15, -0.1) is 0 Å². The van der Waals surface area contributed by atoms with Crippen molar-refractivity contribution in [3.8, 4) is 23.7 Å². The molecule has 0 saturated heterocycles. The molecule has 0 aliphatic carbocycles. The quantitative estimate of drug-likeness (QED) is 0.512. The van der Waals surface area contributed by atoms with Gasteiger partial charge in [0.15, 0.2) is 0 Å². The fourth-order valence-corrected chi connectivity index (χ4v) is 2.30. The molecule has 0 atom stereocenters. The summed E-state index contributed by atoms with van der Waals surface area (Å²) in [5.41, 5.74) is 2.51. The number of hydrogen-bond acceptors (Lipinski definition) is 2. The maximum Gasteiger partial charge on any atom is 0.119 e. The number of nitrogens with zero attached hydrogens (tertiary/aromatic N) is 1. The SMILES string of the molecule is CCCCCCCOc1ccc(C#Cc2ccc(C#N)cc2)cc1. The van der Waals surface area contributed by atoms with Crippen molar-refractivity contribution in [2.75, 3.05) is 6.61 Å². The van der Waals surface area contributed by atoms with Crippen LogP contribution in [0.5, 0.6) is 5.75 Å². The molecule has 2 nitrogen and oxygen atoms in total. The lowest BCUT2D eigenvalue weighted by atomic mass is 10.1. The van der Waals surface area contributed by atoms with Crippen LogP contribution in [0.3, 0.4) is 0 Å². The molecule has 0 N–H and O–H groups in total. The molecule has 0 bridgehead atoms. The van der Waals surface area contributed by atoms with Crippen LogP contribution in [-0.4, -0.2) is 6.61 Å². The first-order valence-corrected chi connectivity index (χ1v) is 8.57. The van der Waals surface area contributed by atoms with Gasteiger partial charge in [-0.1, -0.05) is 44.4 Å². The molecule has 0 fully saturated rings. The van der Waals surface area contributed by atoms with Crippen molar-refractivity contribution in [2.24, 2.45) is 0 Å². The van der Waals surface area contributed by atoms with E-state index in [1.54, 1.807) is 12.1 Å². The van der Waals surface area contributed by atoms with E-state index in [4.69, 9.17) is 10.00 Å². The number of benzene rings is 2. The van der Waals surface area contributed by atoms with E-state index >= 15 is 0 Å². The van der Waals surface area contributed by atoms with Crippen LogP contribution in [0.25, 0.3) is 0 Å². The highest BCUT2D eigenvalue weighted by Gasteiger charge is 1.95. The third-order valence-corrected chi connectivity index (χ3v) is 3.74. The Morgan fingerprint density at radius 2 is 1.29 bits per heavy atom. The van der Waals surface area contributed by atoms with Gasteiger partial charge in [0.05, 0.1) is 18.2 Å². The third kappa shape index (κ3) is 6.19. The molecule has 2 heteroatoms. The van der Waals surface area contributed by atoms with Crippen LogP contribution in [0, 0.1) is 23.2 Å². The van der Waals surface area contributed by atoms with Crippen molar-refractivity contribution in [3.05, 3.63) is 65.2 Å². The van der Waals surface area contributed by atoms with Crippen LogP contribution < -0.4 is 4.74 Å². The molecule has 2 aromatic rings. The molecule has 0 spiro atoms. The molecule has 0 aliphatic heterocycles. The summed E-state index contributed by atoms with van der Waals surface area (Å²) < 4.78 is 5.75. The van der Waals surface area contributed by atoms with Crippen LogP contribution in [0.4, 0.5) is 0 Å². The minimum Gasteiger partial charge on any atom is -0.494 e. The van der Waals surface area contributed by atoms with Crippen LogP contribution in [0.2, 0.25) is 0 Å². The zero-order valence-electron chi connectivity index (χ0n) is 14.2. The summed E-state index contributed by atoms with van der Waals surface area (Å²) in [5.74, 6) is 7.13. The van der Waals surface area contributed by atoms with Gasteiger partial charge in [-0.05, 0) is 55.0 Å². The molecule has 24 heavy (non-hydrogen) atoms. The van der Waals surface area contributed by atoms with E-state index < -0.39 is 0 Å². The molecule has 0 aromatic heterocycles. The molecule has 2 rings (SSSR count). The third-order valence-electron chi connectivity index (χ3n) is 3.74. The second-order valence-electron chi connectivity index (χ2n) is 5.73. The lowest BCUT2D eigenvalue weighted by Gasteiger charge is -2.05. The summed E-state index contributed by atoms with van der Waals surface area (Å²) in [6, 6.07) is 17.3. The van der Waals surface area contributed by atoms with Crippen LogP contribution >= 0.6 is 0 Å². The number of nitriles is 1. The normalized spacial score (nSPS) is 9.67. The number of hydrogen-bond donors (Lipinski definition) is 0. The highest BCUT2D eigenvalue weighted by Crippen LogP contribution is 2.13. The van der Waals surface area contributed by atoms with Gasteiger partial charge in [0.25, 0.3) is 0 Å². The van der Waals surface area contributed by atoms with Crippen molar-refractivity contribution < 1.29 is 4.74 Å². The number of ether oxygens (including phenoxy) is 1. The Morgan fingerprint density at radius 1 is 0.750 bits per heavy atom. The lowest BCUT2D eigenvalue weighted by molar-refractivity contribution is 0.304. The van der Waals surface area contributed by atoms with Crippen molar-refractivity contribution in [3.63, 3.8) is 0 Å². The summed E-state index contributed by atoms with van der Waals surface area (Å²) in [4.78, 5) is 0.